The van der Waals surface area contributed by atoms with E-state index < -0.39 is 0 Å². The maximum Gasteiger partial charge on any atom is 0.248 e. The van der Waals surface area contributed by atoms with Gasteiger partial charge in [0.05, 0.1) is 0 Å². The minimum Gasteiger partial charge on any atom is -0.331 e. The Balaban J connectivity index is 2.04. The van der Waals surface area contributed by atoms with Gasteiger partial charge in [0.1, 0.15) is 6.04 Å². The lowest BCUT2D eigenvalue weighted by molar-refractivity contribution is -0.140. The third kappa shape index (κ3) is 2.87. The molecule has 0 aliphatic carbocycles. The summed E-state index contributed by atoms with van der Waals surface area (Å²) in [6, 6.07) is -0.338. The van der Waals surface area contributed by atoms with E-state index in [0.29, 0.717) is 18.1 Å². The molecule has 2 rings (SSSR count). The molecule has 1 atom stereocenters. The number of carbonyl (C=O) groups is 2. The molecule has 0 saturated carbocycles. The second-order valence-corrected chi connectivity index (χ2v) is 5.17. The van der Waals surface area contributed by atoms with Gasteiger partial charge in [0.15, 0.2) is 5.13 Å². The van der Waals surface area contributed by atoms with Gasteiger partial charge in [0.25, 0.3) is 0 Å². The van der Waals surface area contributed by atoms with Crippen LogP contribution >= 0.6 is 11.3 Å². The molecule has 1 aliphatic rings. The Morgan fingerprint density at radius 3 is 3.06 bits per heavy atom. The summed E-state index contributed by atoms with van der Waals surface area (Å²) in [5, 5.41) is 5.18. The van der Waals surface area contributed by atoms with Crippen molar-refractivity contribution in [1.29, 1.82) is 0 Å². The van der Waals surface area contributed by atoms with Crippen LogP contribution in [0.3, 0.4) is 0 Å². The maximum absolute atomic E-state index is 12.2. The van der Waals surface area contributed by atoms with Gasteiger partial charge >= 0.3 is 0 Å². The fraction of sp³-hybridized carbons (Fsp3) is 0.583. The van der Waals surface area contributed by atoms with Crippen molar-refractivity contribution in [3.63, 3.8) is 0 Å². The summed E-state index contributed by atoms with van der Waals surface area (Å²) in [6.07, 6.45) is 4.80. The number of nitrogens with one attached hydrogen (secondary N) is 1. The van der Waals surface area contributed by atoms with Crippen LogP contribution in [0, 0.1) is 0 Å². The van der Waals surface area contributed by atoms with Crippen LogP contribution in [0.4, 0.5) is 5.13 Å². The van der Waals surface area contributed by atoms with Crippen molar-refractivity contribution in [3.05, 3.63) is 11.6 Å². The van der Waals surface area contributed by atoms with E-state index in [1.54, 1.807) is 11.1 Å². The molecule has 0 aromatic carbocycles. The van der Waals surface area contributed by atoms with Crippen LogP contribution in [-0.4, -0.2) is 34.3 Å². The predicted octanol–water partition coefficient (Wildman–Crippen LogP) is 1.87. The van der Waals surface area contributed by atoms with Crippen molar-refractivity contribution in [2.75, 3.05) is 11.9 Å². The zero-order chi connectivity index (χ0) is 13.0. The number of piperidine rings is 1. The molecule has 1 N–H and O–H groups in total. The molecule has 2 heterocycles. The summed E-state index contributed by atoms with van der Waals surface area (Å²) in [6.45, 7) is 2.51. The number of anilines is 1. The second-order valence-electron chi connectivity index (χ2n) is 4.28. The molecule has 1 aromatic rings. The van der Waals surface area contributed by atoms with E-state index in [4.69, 9.17) is 0 Å². The SMILES string of the molecule is CCC(=O)N1CCCC[C@@H]1C(=O)Nc1nccs1. The normalized spacial score (nSPS) is 19.6. The van der Waals surface area contributed by atoms with Crippen molar-refractivity contribution in [2.24, 2.45) is 0 Å². The number of nitrogens with zero attached hydrogens (tertiary/aromatic N) is 2. The lowest BCUT2D eigenvalue weighted by Crippen LogP contribution is -2.49. The van der Waals surface area contributed by atoms with Gasteiger partial charge in [0.2, 0.25) is 11.8 Å². The average molecular weight is 267 g/mol. The van der Waals surface area contributed by atoms with Gasteiger partial charge in [0, 0.05) is 24.5 Å². The minimum atomic E-state index is -0.338. The summed E-state index contributed by atoms with van der Waals surface area (Å²) in [5.74, 6) is -0.0690. The molecule has 6 heteroatoms. The zero-order valence-corrected chi connectivity index (χ0v) is 11.2. The summed E-state index contributed by atoms with van der Waals surface area (Å²) in [7, 11) is 0. The molecule has 0 bridgehead atoms. The highest BCUT2D eigenvalue weighted by molar-refractivity contribution is 7.13. The van der Waals surface area contributed by atoms with Gasteiger partial charge in [-0.1, -0.05) is 6.92 Å². The van der Waals surface area contributed by atoms with Crippen LogP contribution in [-0.2, 0) is 9.59 Å². The highest BCUT2D eigenvalue weighted by Gasteiger charge is 2.31. The third-order valence-electron chi connectivity index (χ3n) is 3.09. The zero-order valence-electron chi connectivity index (χ0n) is 10.4. The Kier molecular flexibility index (Phi) is 4.30. The van der Waals surface area contributed by atoms with Crippen molar-refractivity contribution in [1.82, 2.24) is 9.88 Å². The summed E-state index contributed by atoms with van der Waals surface area (Å²) in [4.78, 5) is 29.7. The smallest absolute Gasteiger partial charge is 0.248 e. The minimum absolute atomic E-state index is 0.0500. The van der Waals surface area contributed by atoms with E-state index in [1.165, 1.54) is 11.3 Å². The first kappa shape index (κ1) is 13.0. The van der Waals surface area contributed by atoms with Crippen molar-refractivity contribution < 1.29 is 9.59 Å². The van der Waals surface area contributed by atoms with Gasteiger partial charge in [-0.2, -0.15) is 0 Å². The molecule has 0 spiro atoms. The molecule has 1 fully saturated rings. The molecular formula is C12H17N3O2S. The average Bonchev–Trinajstić information content (AvgIpc) is 2.90. The van der Waals surface area contributed by atoms with Crippen molar-refractivity contribution in [2.45, 2.75) is 38.6 Å². The Labute approximate surface area is 110 Å². The van der Waals surface area contributed by atoms with E-state index in [0.717, 1.165) is 19.3 Å². The van der Waals surface area contributed by atoms with E-state index in [9.17, 15) is 9.59 Å². The van der Waals surface area contributed by atoms with E-state index >= 15 is 0 Å². The standard InChI is InChI=1S/C12H17N3O2S/c1-2-10(16)15-7-4-3-5-9(15)11(17)14-12-13-6-8-18-12/h6,8-9H,2-5,7H2,1H3,(H,13,14,17)/t9-/m1/s1. The highest BCUT2D eigenvalue weighted by atomic mass is 32.1. The highest BCUT2D eigenvalue weighted by Crippen LogP contribution is 2.20. The lowest BCUT2D eigenvalue weighted by atomic mass is 10.0. The molecule has 1 saturated heterocycles. The van der Waals surface area contributed by atoms with Crippen molar-refractivity contribution >= 4 is 28.3 Å². The number of thiazole rings is 1. The third-order valence-corrected chi connectivity index (χ3v) is 3.78. The van der Waals surface area contributed by atoms with Crippen LogP contribution in [0.2, 0.25) is 0 Å². The van der Waals surface area contributed by atoms with Gasteiger partial charge in [-0.3, -0.25) is 9.59 Å². The first-order valence-corrected chi connectivity index (χ1v) is 7.10. The molecule has 2 amide bonds. The monoisotopic (exact) mass is 267 g/mol. The van der Waals surface area contributed by atoms with Gasteiger partial charge in [-0.05, 0) is 19.3 Å². The number of hydrogen-bond acceptors (Lipinski definition) is 4. The number of hydrogen-bond donors (Lipinski definition) is 1. The van der Waals surface area contributed by atoms with Gasteiger partial charge in [-0.25, -0.2) is 4.98 Å². The quantitative estimate of drug-likeness (QED) is 0.909. The lowest BCUT2D eigenvalue weighted by Gasteiger charge is -2.34. The second kappa shape index (κ2) is 5.95. The topological polar surface area (TPSA) is 62.3 Å². The Bertz CT molecular complexity index is 419. The first-order valence-electron chi connectivity index (χ1n) is 6.22. The molecule has 1 aromatic heterocycles. The molecule has 98 valence electrons. The van der Waals surface area contributed by atoms with Crippen LogP contribution in [0.25, 0.3) is 0 Å². The Morgan fingerprint density at radius 1 is 1.56 bits per heavy atom. The predicted molar refractivity (Wildman–Crippen MR) is 70.4 cm³/mol. The number of aromatic nitrogens is 1. The largest absolute Gasteiger partial charge is 0.331 e. The number of amides is 2. The Hall–Kier alpha value is -1.43. The fourth-order valence-electron chi connectivity index (χ4n) is 2.18. The number of likely N-dealkylation sites (tertiary alicyclic amines) is 1. The van der Waals surface area contributed by atoms with Crippen LogP contribution < -0.4 is 5.32 Å². The van der Waals surface area contributed by atoms with Gasteiger partial charge < -0.3 is 10.2 Å². The van der Waals surface area contributed by atoms with Gasteiger partial charge in [-0.15, -0.1) is 11.3 Å². The van der Waals surface area contributed by atoms with Crippen molar-refractivity contribution in [3.8, 4) is 0 Å². The molecule has 0 unspecified atom stereocenters. The molecule has 1 aliphatic heterocycles. The summed E-state index contributed by atoms with van der Waals surface area (Å²) in [5.41, 5.74) is 0. The van der Waals surface area contributed by atoms with E-state index in [-0.39, 0.29) is 17.9 Å². The molecule has 0 radical (unpaired) electrons. The van der Waals surface area contributed by atoms with E-state index in [2.05, 4.69) is 10.3 Å². The van der Waals surface area contributed by atoms with E-state index in [1.807, 2.05) is 12.3 Å². The number of carbonyl (C=O) groups excluding carboxylic acids is 2. The van der Waals surface area contributed by atoms with Crippen LogP contribution in [0.1, 0.15) is 32.6 Å². The number of rotatable bonds is 3. The molecule has 5 nitrogen and oxygen atoms in total. The summed E-state index contributed by atoms with van der Waals surface area (Å²) >= 11 is 1.38. The summed E-state index contributed by atoms with van der Waals surface area (Å²) < 4.78 is 0. The Morgan fingerprint density at radius 2 is 2.39 bits per heavy atom. The fourth-order valence-corrected chi connectivity index (χ4v) is 2.71. The van der Waals surface area contributed by atoms with Crippen LogP contribution in [0.5, 0.6) is 0 Å². The first-order chi connectivity index (χ1) is 8.72. The molecular weight excluding hydrogens is 250 g/mol. The molecule has 18 heavy (non-hydrogen) atoms. The maximum atomic E-state index is 12.2. The van der Waals surface area contributed by atoms with Crippen LogP contribution in [0.15, 0.2) is 11.6 Å².